The van der Waals surface area contributed by atoms with Crippen LogP contribution in [-0.2, 0) is 17.7 Å². The fourth-order valence-corrected chi connectivity index (χ4v) is 3.00. The van der Waals surface area contributed by atoms with Crippen LogP contribution < -0.4 is 5.32 Å². The molecule has 9 heteroatoms. The van der Waals surface area contributed by atoms with Crippen molar-refractivity contribution in [1.82, 2.24) is 15.1 Å². The third-order valence-corrected chi connectivity index (χ3v) is 4.74. The molecule has 0 aliphatic carbocycles. The van der Waals surface area contributed by atoms with Gasteiger partial charge < -0.3 is 15.0 Å². The summed E-state index contributed by atoms with van der Waals surface area (Å²) in [5.41, 5.74) is 1.44. The number of nitrogens with zero attached hydrogens (tertiary/aromatic N) is 2. The van der Waals surface area contributed by atoms with E-state index in [0.29, 0.717) is 40.9 Å². The molecule has 0 saturated carbocycles. The first-order chi connectivity index (χ1) is 12.6. The van der Waals surface area contributed by atoms with Crippen LogP contribution in [0.25, 0.3) is 0 Å². The molecular formula is C18H20Cl2N4O3. The number of hydrogen-bond donors (Lipinski definition) is 2. The summed E-state index contributed by atoms with van der Waals surface area (Å²) >= 11 is 11.9. The van der Waals surface area contributed by atoms with Crippen molar-refractivity contribution in [3.8, 4) is 0 Å². The van der Waals surface area contributed by atoms with Crippen LogP contribution in [0.5, 0.6) is 0 Å². The van der Waals surface area contributed by atoms with Crippen molar-refractivity contribution < 1.29 is 14.3 Å². The first-order valence-corrected chi connectivity index (χ1v) is 9.20. The Hall–Kier alpha value is -2.25. The van der Waals surface area contributed by atoms with Crippen molar-refractivity contribution in [3.05, 3.63) is 45.1 Å². The number of H-pyrrole nitrogens is 1. The fraction of sp³-hybridized carbons (Fsp3) is 0.389. The number of fused-ring (bicyclic) bond motifs is 1. The molecule has 1 aliphatic rings. The summed E-state index contributed by atoms with van der Waals surface area (Å²) in [5.74, 6) is 0.0200. The summed E-state index contributed by atoms with van der Waals surface area (Å²) in [6.45, 7) is 6.28. The third-order valence-electron chi connectivity index (χ3n) is 4.00. The number of amides is 2. The number of benzene rings is 1. The molecule has 0 radical (unpaired) electrons. The van der Waals surface area contributed by atoms with Crippen LogP contribution in [0, 0.1) is 0 Å². The minimum atomic E-state index is -0.571. The quantitative estimate of drug-likeness (QED) is 0.773. The van der Waals surface area contributed by atoms with Gasteiger partial charge in [0.05, 0.1) is 16.6 Å². The highest BCUT2D eigenvalue weighted by atomic mass is 35.5. The average Bonchev–Trinajstić information content (AvgIpc) is 2.98. The third kappa shape index (κ3) is 4.54. The zero-order valence-corrected chi connectivity index (χ0v) is 16.7. The van der Waals surface area contributed by atoms with Crippen molar-refractivity contribution >= 4 is 41.0 Å². The number of ether oxygens (including phenoxy) is 1. The maximum absolute atomic E-state index is 12.5. The lowest BCUT2D eigenvalue weighted by Crippen LogP contribution is -2.40. The summed E-state index contributed by atoms with van der Waals surface area (Å²) in [4.78, 5) is 26.4. The van der Waals surface area contributed by atoms with Gasteiger partial charge in [0.15, 0.2) is 5.82 Å². The number of aromatic amines is 1. The van der Waals surface area contributed by atoms with Gasteiger partial charge in [-0.1, -0.05) is 23.2 Å². The number of aromatic nitrogens is 2. The number of carbonyl (C=O) groups excluding carboxylic acids is 2. The van der Waals surface area contributed by atoms with Crippen molar-refractivity contribution in [3.63, 3.8) is 0 Å². The molecule has 144 valence electrons. The number of anilines is 1. The van der Waals surface area contributed by atoms with Gasteiger partial charge in [0.1, 0.15) is 5.60 Å². The lowest BCUT2D eigenvalue weighted by Gasteiger charge is -2.30. The van der Waals surface area contributed by atoms with Gasteiger partial charge in [-0.05, 0) is 39.0 Å². The minimum Gasteiger partial charge on any atom is -0.444 e. The molecule has 1 aromatic carbocycles. The van der Waals surface area contributed by atoms with E-state index in [0.717, 1.165) is 11.3 Å². The molecule has 1 aliphatic heterocycles. The second-order valence-electron chi connectivity index (χ2n) is 7.26. The van der Waals surface area contributed by atoms with Gasteiger partial charge >= 0.3 is 6.09 Å². The van der Waals surface area contributed by atoms with Gasteiger partial charge in [-0.15, -0.1) is 0 Å². The van der Waals surface area contributed by atoms with Crippen LogP contribution in [0.4, 0.5) is 10.6 Å². The van der Waals surface area contributed by atoms with Gasteiger partial charge in [-0.2, -0.15) is 5.10 Å². The summed E-state index contributed by atoms with van der Waals surface area (Å²) in [6, 6.07) is 4.63. The van der Waals surface area contributed by atoms with E-state index in [-0.39, 0.29) is 5.91 Å². The van der Waals surface area contributed by atoms with E-state index in [1.807, 2.05) is 20.8 Å². The molecule has 2 N–H and O–H groups in total. The van der Waals surface area contributed by atoms with E-state index in [1.54, 1.807) is 17.0 Å². The molecule has 0 unspecified atom stereocenters. The Kier molecular flexibility index (Phi) is 5.35. The summed E-state index contributed by atoms with van der Waals surface area (Å²) < 4.78 is 5.43. The van der Waals surface area contributed by atoms with Crippen LogP contribution in [0.2, 0.25) is 10.0 Å². The Balaban J connectivity index is 1.75. The summed E-state index contributed by atoms with van der Waals surface area (Å²) in [5, 5.41) is 10.5. The SMILES string of the molecule is CC(C)(C)OC(=O)N1CCc2[nH]nc(NC(=O)c3ccc(Cl)c(Cl)c3)c2C1. The number of halogens is 2. The Morgan fingerprint density at radius 3 is 2.67 bits per heavy atom. The molecule has 0 spiro atoms. The Morgan fingerprint density at radius 1 is 1.26 bits per heavy atom. The highest BCUT2D eigenvalue weighted by molar-refractivity contribution is 6.42. The molecular weight excluding hydrogens is 391 g/mol. The van der Waals surface area contributed by atoms with Gasteiger partial charge in [0.25, 0.3) is 5.91 Å². The standard InChI is InChI=1S/C18H20Cl2N4O3/c1-18(2,3)27-17(26)24-7-6-14-11(9-24)15(23-22-14)21-16(25)10-4-5-12(19)13(20)8-10/h4-5,8H,6-7,9H2,1-3H3,(H2,21,22,23,25). The van der Waals surface area contributed by atoms with E-state index >= 15 is 0 Å². The molecule has 3 rings (SSSR count). The molecule has 2 amide bonds. The summed E-state index contributed by atoms with van der Waals surface area (Å²) in [6.07, 6.45) is 0.209. The fourth-order valence-electron chi connectivity index (χ4n) is 2.70. The van der Waals surface area contributed by atoms with Crippen LogP contribution in [0.1, 0.15) is 42.4 Å². The first-order valence-electron chi connectivity index (χ1n) is 8.44. The Morgan fingerprint density at radius 2 is 2.00 bits per heavy atom. The topological polar surface area (TPSA) is 87.3 Å². The molecule has 1 aromatic heterocycles. The maximum atomic E-state index is 12.5. The van der Waals surface area contributed by atoms with Gasteiger partial charge in [0, 0.05) is 29.8 Å². The van der Waals surface area contributed by atoms with E-state index in [1.165, 1.54) is 6.07 Å². The van der Waals surface area contributed by atoms with Crippen molar-refractivity contribution in [2.45, 2.75) is 39.3 Å². The molecule has 27 heavy (non-hydrogen) atoms. The Bertz CT molecular complexity index is 889. The molecule has 2 heterocycles. The normalized spacial score (nSPS) is 13.9. The summed E-state index contributed by atoms with van der Waals surface area (Å²) in [7, 11) is 0. The first kappa shape index (κ1) is 19.5. The number of rotatable bonds is 2. The lowest BCUT2D eigenvalue weighted by atomic mass is 10.1. The average molecular weight is 411 g/mol. The zero-order chi connectivity index (χ0) is 19.8. The smallest absolute Gasteiger partial charge is 0.410 e. The van der Waals surface area contributed by atoms with E-state index in [2.05, 4.69) is 15.5 Å². The van der Waals surface area contributed by atoms with Crippen LogP contribution in [-0.4, -0.2) is 39.2 Å². The molecule has 0 saturated heterocycles. The molecule has 2 aromatic rings. The van der Waals surface area contributed by atoms with Crippen LogP contribution >= 0.6 is 23.2 Å². The zero-order valence-electron chi connectivity index (χ0n) is 15.2. The monoisotopic (exact) mass is 410 g/mol. The maximum Gasteiger partial charge on any atom is 0.410 e. The molecule has 0 bridgehead atoms. The van der Waals surface area contributed by atoms with Gasteiger partial charge in [0.2, 0.25) is 0 Å². The largest absolute Gasteiger partial charge is 0.444 e. The van der Waals surface area contributed by atoms with Crippen LogP contribution in [0.15, 0.2) is 18.2 Å². The van der Waals surface area contributed by atoms with Crippen molar-refractivity contribution in [2.75, 3.05) is 11.9 Å². The van der Waals surface area contributed by atoms with Gasteiger partial charge in [-0.3, -0.25) is 9.89 Å². The van der Waals surface area contributed by atoms with Gasteiger partial charge in [-0.25, -0.2) is 4.79 Å². The number of carbonyl (C=O) groups is 2. The van der Waals surface area contributed by atoms with Crippen LogP contribution in [0.3, 0.4) is 0 Å². The Labute approximate surface area is 167 Å². The predicted octanol–water partition coefficient (Wildman–Crippen LogP) is 4.26. The van der Waals surface area contributed by atoms with E-state index < -0.39 is 11.7 Å². The highest BCUT2D eigenvalue weighted by Crippen LogP contribution is 2.27. The number of hydrogen-bond acceptors (Lipinski definition) is 4. The highest BCUT2D eigenvalue weighted by Gasteiger charge is 2.29. The minimum absolute atomic E-state index is 0.296. The molecule has 0 fully saturated rings. The van der Waals surface area contributed by atoms with Crippen molar-refractivity contribution in [1.29, 1.82) is 0 Å². The van der Waals surface area contributed by atoms with Crippen molar-refractivity contribution in [2.24, 2.45) is 0 Å². The lowest BCUT2D eigenvalue weighted by molar-refractivity contribution is 0.0224. The second kappa shape index (κ2) is 7.40. The molecule has 7 nitrogen and oxygen atoms in total. The number of nitrogens with one attached hydrogen (secondary N) is 2. The predicted molar refractivity (Wildman–Crippen MR) is 103 cm³/mol. The van der Waals surface area contributed by atoms with E-state index in [9.17, 15) is 9.59 Å². The molecule has 0 atom stereocenters. The second-order valence-corrected chi connectivity index (χ2v) is 8.08. The van der Waals surface area contributed by atoms with E-state index in [4.69, 9.17) is 27.9 Å².